The van der Waals surface area contributed by atoms with Gasteiger partial charge in [-0.1, -0.05) is 48.0 Å². The van der Waals surface area contributed by atoms with Gasteiger partial charge in [-0.25, -0.2) is 0 Å². The highest BCUT2D eigenvalue weighted by Crippen LogP contribution is 2.42. The Balaban J connectivity index is 1.73. The first-order valence-corrected chi connectivity index (χ1v) is 10.2. The maximum Gasteiger partial charge on any atom is 0.251 e. The molecule has 1 N–H and O–H groups in total. The highest BCUT2D eigenvalue weighted by atomic mass is 35.5. The Labute approximate surface area is 176 Å². The lowest BCUT2D eigenvalue weighted by Gasteiger charge is -2.44. The van der Waals surface area contributed by atoms with Crippen molar-refractivity contribution in [3.05, 3.63) is 70.7 Å². The molecule has 0 saturated heterocycles. The molecule has 6 heteroatoms. The number of amides is 2. The quantitative estimate of drug-likeness (QED) is 0.780. The van der Waals surface area contributed by atoms with E-state index in [9.17, 15) is 14.4 Å². The summed E-state index contributed by atoms with van der Waals surface area (Å²) in [7, 11) is 1.66. The average Bonchev–Trinajstić information content (AvgIpc) is 2.74. The van der Waals surface area contributed by atoms with Gasteiger partial charge in [0.2, 0.25) is 5.91 Å². The molecule has 3 rings (SSSR count). The first kappa shape index (κ1) is 21.1. The lowest BCUT2D eigenvalue weighted by atomic mass is 9.74. The van der Waals surface area contributed by atoms with E-state index in [-0.39, 0.29) is 30.6 Å². The van der Waals surface area contributed by atoms with Crippen LogP contribution in [0.3, 0.4) is 0 Å². The van der Waals surface area contributed by atoms with Crippen molar-refractivity contribution in [2.24, 2.45) is 0 Å². The molecule has 1 aliphatic carbocycles. The van der Waals surface area contributed by atoms with Gasteiger partial charge in [0.15, 0.2) is 5.78 Å². The number of nitrogens with zero attached hydrogens (tertiary/aromatic N) is 1. The number of hydrogen-bond donors (Lipinski definition) is 1. The van der Waals surface area contributed by atoms with E-state index < -0.39 is 5.54 Å². The van der Waals surface area contributed by atoms with Crippen LogP contribution in [0.5, 0.6) is 0 Å². The van der Waals surface area contributed by atoms with Crippen molar-refractivity contribution in [2.75, 3.05) is 13.6 Å². The van der Waals surface area contributed by atoms with Gasteiger partial charge in [0, 0.05) is 42.6 Å². The molecule has 2 aromatic rings. The minimum absolute atomic E-state index is 0.0148. The molecule has 1 fully saturated rings. The minimum Gasteiger partial charge on any atom is -0.352 e. The van der Waals surface area contributed by atoms with E-state index >= 15 is 0 Å². The van der Waals surface area contributed by atoms with Gasteiger partial charge >= 0.3 is 0 Å². The topological polar surface area (TPSA) is 66.5 Å². The molecule has 1 unspecified atom stereocenters. The number of hydrogen-bond acceptors (Lipinski definition) is 3. The number of nitrogens with one attached hydrogen (secondary N) is 1. The Bertz CT molecular complexity index is 900. The average molecular weight is 413 g/mol. The second kappa shape index (κ2) is 9.23. The number of carbonyl (C=O) groups is 3. The maximum absolute atomic E-state index is 13.1. The number of benzene rings is 2. The summed E-state index contributed by atoms with van der Waals surface area (Å²) >= 11 is 6.43. The molecule has 0 bridgehead atoms. The first-order chi connectivity index (χ1) is 14.0. The van der Waals surface area contributed by atoms with Gasteiger partial charge in [-0.2, -0.15) is 0 Å². The van der Waals surface area contributed by atoms with Crippen molar-refractivity contribution in [1.82, 2.24) is 10.2 Å². The summed E-state index contributed by atoms with van der Waals surface area (Å²) in [6.07, 6.45) is 2.75. The van der Waals surface area contributed by atoms with Gasteiger partial charge in [-0.15, -0.1) is 0 Å². The summed E-state index contributed by atoms with van der Waals surface area (Å²) in [5.74, 6) is -0.412. The molecule has 2 amide bonds. The summed E-state index contributed by atoms with van der Waals surface area (Å²) in [5, 5.41) is 3.25. The summed E-state index contributed by atoms with van der Waals surface area (Å²) in [5.41, 5.74) is 0.177. The van der Waals surface area contributed by atoms with E-state index in [1.54, 1.807) is 37.4 Å². The van der Waals surface area contributed by atoms with Crippen LogP contribution >= 0.6 is 11.6 Å². The molecule has 1 atom stereocenters. The number of carbonyl (C=O) groups excluding carboxylic acids is 3. The summed E-state index contributed by atoms with van der Waals surface area (Å²) in [4.78, 5) is 39.7. The Morgan fingerprint density at radius 3 is 2.45 bits per heavy atom. The fourth-order valence-corrected chi connectivity index (χ4v) is 4.28. The lowest BCUT2D eigenvalue weighted by molar-refractivity contribution is -0.148. The molecule has 0 spiro atoms. The third-order valence-corrected chi connectivity index (χ3v) is 5.91. The standard InChI is InChI=1S/C23H25ClN2O3/c1-26(21(28)14-16-25-22(29)17-9-3-2-4-10-17)23(15-8-7-13-20(23)27)18-11-5-6-12-19(18)24/h2-6,9-12H,7-8,13-16H2,1H3,(H,25,29). The van der Waals surface area contributed by atoms with Crippen molar-refractivity contribution in [3.8, 4) is 0 Å². The van der Waals surface area contributed by atoms with Crippen molar-refractivity contribution < 1.29 is 14.4 Å². The predicted molar refractivity (Wildman–Crippen MR) is 113 cm³/mol. The Morgan fingerprint density at radius 2 is 1.76 bits per heavy atom. The maximum atomic E-state index is 13.1. The zero-order chi connectivity index (χ0) is 20.9. The van der Waals surface area contributed by atoms with Gasteiger partial charge in [0.05, 0.1) is 0 Å². The number of likely N-dealkylation sites (N-methyl/N-ethyl adjacent to an activating group) is 1. The van der Waals surface area contributed by atoms with E-state index in [1.165, 1.54) is 4.90 Å². The monoisotopic (exact) mass is 412 g/mol. The van der Waals surface area contributed by atoms with Gasteiger partial charge in [-0.3, -0.25) is 14.4 Å². The molecule has 0 heterocycles. The van der Waals surface area contributed by atoms with Crippen LogP contribution in [-0.4, -0.2) is 36.1 Å². The number of halogens is 1. The second-order valence-electron chi connectivity index (χ2n) is 7.30. The van der Waals surface area contributed by atoms with Gasteiger partial charge < -0.3 is 10.2 Å². The summed E-state index contributed by atoms with van der Waals surface area (Å²) in [6.45, 7) is 0.198. The van der Waals surface area contributed by atoms with Crippen molar-refractivity contribution in [2.45, 2.75) is 37.6 Å². The van der Waals surface area contributed by atoms with Crippen molar-refractivity contribution in [3.63, 3.8) is 0 Å². The highest BCUT2D eigenvalue weighted by Gasteiger charge is 2.47. The normalized spacial score (nSPS) is 18.9. The third-order valence-electron chi connectivity index (χ3n) is 5.58. The second-order valence-corrected chi connectivity index (χ2v) is 7.70. The highest BCUT2D eigenvalue weighted by molar-refractivity contribution is 6.31. The largest absolute Gasteiger partial charge is 0.352 e. The van der Waals surface area contributed by atoms with Gasteiger partial charge in [-0.05, 0) is 37.5 Å². The van der Waals surface area contributed by atoms with Crippen molar-refractivity contribution >= 4 is 29.2 Å². The number of ketones is 1. The fraction of sp³-hybridized carbons (Fsp3) is 0.348. The van der Waals surface area contributed by atoms with Crippen LogP contribution in [0.1, 0.15) is 48.0 Å². The molecular formula is C23H25ClN2O3. The summed E-state index contributed by atoms with van der Waals surface area (Å²) < 4.78 is 0. The molecule has 152 valence electrons. The molecule has 1 saturated carbocycles. The molecule has 29 heavy (non-hydrogen) atoms. The van der Waals surface area contributed by atoms with Crippen LogP contribution in [-0.2, 0) is 15.1 Å². The van der Waals surface area contributed by atoms with Crippen LogP contribution in [0.4, 0.5) is 0 Å². The van der Waals surface area contributed by atoms with Crippen molar-refractivity contribution in [1.29, 1.82) is 0 Å². The van der Waals surface area contributed by atoms with Crippen LogP contribution < -0.4 is 5.32 Å². The molecular weight excluding hydrogens is 388 g/mol. The summed E-state index contributed by atoms with van der Waals surface area (Å²) in [6, 6.07) is 16.1. The van der Waals surface area contributed by atoms with Crippen LogP contribution in [0.15, 0.2) is 54.6 Å². The lowest BCUT2D eigenvalue weighted by Crippen LogP contribution is -2.54. The fourth-order valence-electron chi connectivity index (χ4n) is 3.98. The smallest absolute Gasteiger partial charge is 0.251 e. The van der Waals surface area contributed by atoms with Gasteiger partial charge in [0.1, 0.15) is 5.54 Å². The number of rotatable bonds is 6. The van der Waals surface area contributed by atoms with Crippen LogP contribution in [0.25, 0.3) is 0 Å². The molecule has 0 aliphatic heterocycles. The molecule has 0 aromatic heterocycles. The van der Waals surface area contributed by atoms with E-state index in [4.69, 9.17) is 11.6 Å². The molecule has 2 aromatic carbocycles. The Morgan fingerprint density at radius 1 is 1.07 bits per heavy atom. The zero-order valence-corrected chi connectivity index (χ0v) is 17.2. The Hall–Kier alpha value is -2.66. The SMILES string of the molecule is CN(C(=O)CCNC(=O)c1ccccc1)C1(c2ccccc2Cl)CCCCC1=O. The third kappa shape index (κ3) is 4.35. The Kier molecular flexibility index (Phi) is 6.70. The molecule has 0 radical (unpaired) electrons. The first-order valence-electron chi connectivity index (χ1n) is 9.85. The van der Waals surface area contributed by atoms with E-state index in [1.807, 2.05) is 24.3 Å². The van der Waals surface area contributed by atoms with Crippen LogP contribution in [0.2, 0.25) is 5.02 Å². The van der Waals surface area contributed by atoms with E-state index in [0.29, 0.717) is 29.0 Å². The minimum atomic E-state index is -1.04. The van der Waals surface area contributed by atoms with Crippen LogP contribution in [0, 0.1) is 0 Å². The van der Waals surface area contributed by atoms with Gasteiger partial charge in [0.25, 0.3) is 5.91 Å². The molecule has 5 nitrogen and oxygen atoms in total. The predicted octanol–water partition coefficient (Wildman–Crippen LogP) is 3.96. The van der Waals surface area contributed by atoms with E-state index in [2.05, 4.69) is 5.32 Å². The number of Topliss-reactive ketones (excluding diaryl/α,β-unsaturated/α-hetero) is 1. The molecule has 1 aliphatic rings. The zero-order valence-electron chi connectivity index (χ0n) is 16.5. The van der Waals surface area contributed by atoms with E-state index in [0.717, 1.165) is 12.8 Å².